The van der Waals surface area contributed by atoms with Crippen LogP contribution in [0.3, 0.4) is 0 Å². The van der Waals surface area contributed by atoms with Crippen LogP contribution < -0.4 is 10.6 Å². The number of rotatable bonds is 2. The summed E-state index contributed by atoms with van der Waals surface area (Å²) < 4.78 is 0. The van der Waals surface area contributed by atoms with Crippen molar-refractivity contribution in [1.82, 2.24) is 0 Å². The molecule has 1 atom stereocenters. The van der Waals surface area contributed by atoms with E-state index >= 15 is 0 Å². The van der Waals surface area contributed by atoms with Gasteiger partial charge in [0.2, 0.25) is 0 Å². The summed E-state index contributed by atoms with van der Waals surface area (Å²) in [5.41, 5.74) is 2.73. The van der Waals surface area contributed by atoms with Crippen LogP contribution in [0, 0.1) is 13.8 Å². The van der Waals surface area contributed by atoms with Crippen molar-refractivity contribution in [2.75, 3.05) is 0 Å². The van der Waals surface area contributed by atoms with Crippen LogP contribution in [-0.2, 0) is 0 Å². The summed E-state index contributed by atoms with van der Waals surface area (Å²) in [6.45, 7) is 4.33. The van der Waals surface area contributed by atoms with Crippen molar-refractivity contribution in [3.8, 4) is 0 Å². The molecule has 0 saturated heterocycles. The second kappa shape index (κ2) is 10.8. The molecule has 0 amide bonds. The second-order valence-corrected chi connectivity index (χ2v) is 8.23. The van der Waals surface area contributed by atoms with Crippen molar-refractivity contribution in [3.63, 3.8) is 0 Å². The van der Waals surface area contributed by atoms with Crippen LogP contribution in [-0.4, -0.2) is 21.1 Å². The minimum absolute atomic E-state index is 0. The Morgan fingerprint density at radius 3 is 1.37 bits per heavy atom. The van der Waals surface area contributed by atoms with Crippen molar-refractivity contribution in [3.05, 3.63) is 59.7 Å². The maximum atomic E-state index is 2.30. The van der Waals surface area contributed by atoms with Gasteiger partial charge >= 0.3 is 31.0 Å². The average Bonchev–Trinajstić information content (AvgIpc) is 2.36. The molecule has 2 rings (SSSR count). The zero-order valence-corrected chi connectivity index (χ0v) is 17.4. The Labute approximate surface area is 133 Å². The van der Waals surface area contributed by atoms with Gasteiger partial charge in [-0.3, -0.25) is 0 Å². The van der Waals surface area contributed by atoms with E-state index in [9.17, 15) is 0 Å². The van der Waals surface area contributed by atoms with Crippen LogP contribution in [0.25, 0.3) is 0 Å². The average molecular weight is 396 g/mol. The molecule has 2 aromatic rings. The third-order valence-electron chi connectivity index (χ3n) is 2.47. The first-order valence-electron chi connectivity index (χ1n) is 6.10. The van der Waals surface area contributed by atoms with Crippen molar-refractivity contribution in [1.29, 1.82) is 0 Å². The number of aryl methyl sites for hydroxylation is 2. The van der Waals surface area contributed by atoms with E-state index in [1.54, 1.807) is 0 Å². The maximum absolute atomic E-state index is 2.30. The summed E-state index contributed by atoms with van der Waals surface area (Å²) in [4.78, 5) is 4.59. The summed E-state index contributed by atoms with van der Waals surface area (Å²) in [5.74, 6) is 0. The van der Waals surface area contributed by atoms with Gasteiger partial charge in [0.05, 0.1) is 0 Å². The molecule has 0 aliphatic rings. The van der Waals surface area contributed by atoms with E-state index in [1.165, 1.54) is 30.3 Å². The van der Waals surface area contributed by atoms with Gasteiger partial charge in [0.25, 0.3) is 0 Å². The molecule has 0 saturated carbocycles. The fourth-order valence-corrected chi connectivity index (χ4v) is 2.59. The SMILES string of the molecule is Cc1ccccc1[P]c1ccccc1C.P.[CH3][Sn][CH3]. The molecule has 0 fully saturated rings. The van der Waals surface area contributed by atoms with E-state index in [1.807, 2.05) is 0 Å². The van der Waals surface area contributed by atoms with Gasteiger partial charge < -0.3 is 0 Å². The molecule has 0 aromatic heterocycles. The van der Waals surface area contributed by atoms with Crippen LogP contribution in [0.2, 0.25) is 9.88 Å². The quantitative estimate of drug-likeness (QED) is 0.531. The molecule has 19 heavy (non-hydrogen) atoms. The first-order valence-corrected chi connectivity index (χ1v) is 12.7. The van der Waals surface area contributed by atoms with Crippen LogP contribution in [0.4, 0.5) is 0 Å². The van der Waals surface area contributed by atoms with Gasteiger partial charge in [0, 0.05) is 0 Å². The first kappa shape index (κ1) is 19.1. The van der Waals surface area contributed by atoms with Crippen molar-refractivity contribution >= 4 is 50.2 Å². The zero-order valence-electron chi connectivity index (χ0n) is 12.3. The molecule has 1 unspecified atom stereocenters. The first-order chi connectivity index (χ1) is 8.69. The molecule has 0 aliphatic carbocycles. The predicted octanol–water partition coefficient (Wildman–Crippen LogP) is 4.05. The summed E-state index contributed by atoms with van der Waals surface area (Å²) in [5, 5.41) is 2.79. The second-order valence-electron chi connectivity index (χ2n) is 4.18. The van der Waals surface area contributed by atoms with Crippen molar-refractivity contribution in [2.24, 2.45) is 0 Å². The molecule has 0 nitrogen and oxygen atoms in total. The van der Waals surface area contributed by atoms with E-state index in [0.717, 1.165) is 0 Å². The topological polar surface area (TPSA) is 0 Å². The Bertz CT molecular complexity index is 440. The Morgan fingerprint density at radius 1 is 0.737 bits per heavy atom. The van der Waals surface area contributed by atoms with Crippen LogP contribution in [0.1, 0.15) is 11.1 Å². The number of benzene rings is 2. The Hall–Kier alpha value is 0.0987. The fourth-order valence-electron chi connectivity index (χ4n) is 1.51. The molecular weight excluding hydrogens is 373 g/mol. The van der Waals surface area contributed by atoms with E-state index in [-0.39, 0.29) is 31.0 Å². The van der Waals surface area contributed by atoms with Crippen molar-refractivity contribution in [2.45, 2.75) is 23.7 Å². The molecule has 3 heteroatoms. The summed E-state index contributed by atoms with van der Waals surface area (Å²) in [6, 6.07) is 17.1. The molecule has 101 valence electrons. The van der Waals surface area contributed by atoms with Gasteiger partial charge in [-0.2, -0.15) is 9.90 Å². The third kappa shape index (κ3) is 6.89. The summed E-state index contributed by atoms with van der Waals surface area (Å²) >= 11 is 0.230. The molecule has 0 aliphatic heterocycles. The van der Waals surface area contributed by atoms with Crippen LogP contribution in [0.5, 0.6) is 0 Å². The summed E-state index contributed by atoms with van der Waals surface area (Å²) in [7, 11) is 1.31. The van der Waals surface area contributed by atoms with E-state index in [4.69, 9.17) is 0 Å². The van der Waals surface area contributed by atoms with E-state index < -0.39 is 0 Å². The Balaban J connectivity index is 0.000000742. The molecule has 0 spiro atoms. The van der Waals surface area contributed by atoms with Crippen LogP contribution in [0.15, 0.2) is 48.5 Å². The normalized spacial score (nSPS) is 9.05. The molecule has 3 radical (unpaired) electrons. The standard InChI is InChI=1S/C14H14P.2CH3.H3P.Sn/c1-11-7-3-5-9-13(11)15-14-10-6-4-8-12(14)2;;;;/h3-10H,1-2H3;3*1H3;. The Kier molecular flexibility index (Phi) is 10.9. The molecular formula is C16H23P2Sn. The molecule has 2 aromatic carbocycles. The molecule has 0 bridgehead atoms. The fraction of sp³-hybridized carbons (Fsp3) is 0.250. The summed E-state index contributed by atoms with van der Waals surface area (Å²) in [6.07, 6.45) is 0. The number of hydrogen-bond donors (Lipinski definition) is 0. The van der Waals surface area contributed by atoms with Gasteiger partial charge in [0.15, 0.2) is 0 Å². The Morgan fingerprint density at radius 2 is 1.05 bits per heavy atom. The van der Waals surface area contributed by atoms with Gasteiger partial charge in [-0.05, 0) is 44.2 Å². The zero-order chi connectivity index (χ0) is 13.4. The monoisotopic (exact) mass is 397 g/mol. The van der Waals surface area contributed by atoms with Gasteiger partial charge in [-0.15, -0.1) is 0 Å². The van der Waals surface area contributed by atoms with E-state index in [0.29, 0.717) is 0 Å². The predicted molar refractivity (Wildman–Crippen MR) is 97.1 cm³/mol. The van der Waals surface area contributed by atoms with Crippen LogP contribution >= 0.6 is 18.5 Å². The van der Waals surface area contributed by atoms with Crippen molar-refractivity contribution < 1.29 is 0 Å². The van der Waals surface area contributed by atoms with Gasteiger partial charge in [-0.25, -0.2) is 0 Å². The van der Waals surface area contributed by atoms with Gasteiger partial charge in [0.1, 0.15) is 0 Å². The number of hydrogen-bond acceptors (Lipinski definition) is 0. The third-order valence-corrected chi connectivity index (χ3v) is 3.96. The molecule has 0 N–H and O–H groups in total. The minimum atomic E-state index is 0. The van der Waals surface area contributed by atoms with Gasteiger partial charge in [-0.1, -0.05) is 48.5 Å². The van der Waals surface area contributed by atoms with E-state index in [2.05, 4.69) is 72.3 Å². The molecule has 0 heterocycles.